The first kappa shape index (κ1) is 33.5. The molecule has 0 unspecified atom stereocenters. The van der Waals surface area contributed by atoms with Crippen LogP contribution in [0.3, 0.4) is 0 Å². The quantitative estimate of drug-likeness (QED) is 0.149. The Labute approximate surface area is 335 Å². The molecule has 268 valence electrons. The molecule has 0 aliphatic heterocycles. The average Bonchev–Trinajstić information content (AvgIpc) is 4.07. The van der Waals surface area contributed by atoms with Crippen LogP contribution < -0.4 is 4.90 Å². The molecule has 5 aromatic heterocycles. The molecule has 0 radical (unpaired) electrons. The molecule has 0 atom stereocenters. The van der Waals surface area contributed by atoms with Crippen LogP contribution in [0.5, 0.6) is 0 Å². The second-order valence-electron chi connectivity index (χ2n) is 13.2. The summed E-state index contributed by atoms with van der Waals surface area (Å²) in [6.07, 6.45) is 7.33. The first-order valence-electron chi connectivity index (χ1n) is 18.0. The molecule has 5 heterocycles. The molecule has 0 fully saturated rings. The number of rotatable bonds is 7. The molecule has 0 bridgehead atoms. The number of hydrogen-bond acceptors (Lipinski definition) is 5. The van der Waals surface area contributed by atoms with Gasteiger partial charge in [0.15, 0.2) is 0 Å². The molecule has 0 amide bonds. The fraction of sp³-hybridized carbons (Fsp3) is 0. The number of nitrogens with zero attached hydrogens (tertiary/aromatic N) is 9. The van der Waals surface area contributed by atoms with E-state index in [1.165, 1.54) is 0 Å². The topological polar surface area (TPSA) is 74.5 Å². The molecule has 0 saturated heterocycles. The standard InChI is InChI=1S/C46H29N9.Pt/c1-5-21-40-36(17-1)37-18-2-6-22-41(37)54(40)44-31-45(55-42-23-7-3-19-38(42)39-20-4-8-24-43(39)55)50-46(49-44)53(34-15-9-13-32(29-34)51-27-11-25-47-51)35-16-10-14-33(30-35)52-28-12-26-48-52;/h1-28,31H;/q-2;+2. The molecule has 6 aromatic carbocycles. The molecule has 56 heavy (non-hydrogen) atoms. The van der Waals surface area contributed by atoms with Crippen molar-refractivity contribution in [3.8, 4) is 23.0 Å². The second kappa shape index (κ2) is 13.6. The summed E-state index contributed by atoms with van der Waals surface area (Å²) in [5.41, 5.74) is 7.18. The molecular weight excluding hydrogens is 874 g/mol. The fourth-order valence-electron chi connectivity index (χ4n) is 7.66. The maximum atomic E-state index is 5.46. The summed E-state index contributed by atoms with van der Waals surface area (Å²) >= 11 is 0. The van der Waals surface area contributed by atoms with Gasteiger partial charge in [0.1, 0.15) is 11.6 Å². The van der Waals surface area contributed by atoms with Gasteiger partial charge in [-0.25, -0.2) is 0 Å². The van der Waals surface area contributed by atoms with Crippen molar-refractivity contribution in [1.82, 2.24) is 38.7 Å². The number of anilines is 3. The van der Waals surface area contributed by atoms with E-state index in [-0.39, 0.29) is 21.1 Å². The Morgan fingerprint density at radius 2 is 0.821 bits per heavy atom. The molecule has 0 aliphatic carbocycles. The first-order chi connectivity index (χ1) is 27.3. The Morgan fingerprint density at radius 1 is 0.429 bits per heavy atom. The third kappa shape index (κ3) is 5.43. The number of hydrogen-bond donors (Lipinski definition) is 0. The Bertz CT molecular complexity index is 2860. The van der Waals surface area contributed by atoms with E-state index in [0.29, 0.717) is 5.95 Å². The van der Waals surface area contributed by atoms with Gasteiger partial charge in [-0.2, -0.15) is 32.3 Å². The van der Waals surface area contributed by atoms with Gasteiger partial charge in [-0.3, -0.25) is 18.5 Å². The van der Waals surface area contributed by atoms with Crippen molar-refractivity contribution in [2.24, 2.45) is 0 Å². The molecule has 0 spiro atoms. The minimum atomic E-state index is 0. The molecule has 0 N–H and O–H groups in total. The Balaban J connectivity index is 0.00000384. The van der Waals surface area contributed by atoms with Crippen molar-refractivity contribution < 1.29 is 21.1 Å². The number of benzene rings is 6. The van der Waals surface area contributed by atoms with Gasteiger partial charge in [0, 0.05) is 52.4 Å². The van der Waals surface area contributed by atoms with E-state index in [0.717, 1.165) is 78.0 Å². The minimum absolute atomic E-state index is 0. The van der Waals surface area contributed by atoms with Crippen molar-refractivity contribution in [2.75, 3.05) is 4.90 Å². The van der Waals surface area contributed by atoms with Crippen LogP contribution >= 0.6 is 0 Å². The van der Waals surface area contributed by atoms with Gasteiger partial charge in [0.2, 0.25) is 5.95 Å². The zero-order valence-electron chi connectivity index (χ0n) is 29.6. The molecule has 0 aliphatic rings. The van der Waals surface area contributed by atoms with E-state index < -0.39 is 0 Å². The van der Waals surface area contributed by atoms with E-state index in [1.54, 1.807) is 21.8 Å². The molecule has 10 heteroatoms. The number of aromatic nitrogens is 8. The Hall–Kier alpha value is -7.09. The van der Waals surface area contributed by atoms with E-state index >= 15 is 0 Å². The summed E-state index contributed by atoms with van der Waals surface area (Å²) in [5, 5.41) is 13.6. The van der Waals surface area contributed by atoms with Crippen molar-refractivity contribution in [3.05, 3.63) is 189 Å². The predicted octanol–water partition coefficient (Wildman–Crippen LogP) is 10.1. The molecule has 9 nitrogen and oxygen atoms in total. The third-order valence-electron chi connectivity index (χ3n) is 10.0. The SMILES string of the molecule is [Pt+2].[c-]1c(N(c2[c-]c(-n3cccn3)ccc2)c2nc(-n3c4ccccc4c4ccccc43)cc(-n3c4ccccc4c4ccccc43)n2)cccc1-n1cccn1. The van der Waals surface area contributed by atoms with Crippen LogP contribution in [0, 0.1) is 12.1 Å². The monoisotopic (exact) mass is 902 g/mol. The summed E-state index contributed by atoms with van der Waals surface area (Å²) < 4.78 is 8.06. The van der Waals surface area contributed by atoms with Crippen molar-refractivity contribution in [1.29, 1.82) is 0 Å². The zero-order chi connectivity index (χ0) is 36.3. The van der Waals surface area contributed by atoms with Crippen LogP contribution in [0.15, 0.2) is 176 Å². The molecule has 11 aromatic rings. The average molecular weight is 903 g/mol. The summed E-state index contributed by atoms with van der Waals surface area (Å²) in [6, 6.07) is 59.0. The zero-order valence-corrected chi connectivity index (χ0v) is 31.9. The molecule has 11 rings (SSSR count). The van der Waals surface area contributed by atoms with Gasteiger partial charge in [-0.15, -0.1) is 36.4 Å². The smallest absolute Gasteiger partial charge is 0.327 e. The second-order valence-corrected chi connectivity index (χ2v) is 13.2. The summed E-state index contributed by atoms with van der Waals surface area (Å²) in [6.45, 7) is 0. The van der Waals surface area contributed by atoms with E-state index in [9.17, 15) is 0 Å². The van der Waals surface area contributed by atoms with Crippen LogP contribution in [0.4, 0.5) is 17.3 Å². The van der Waals surface area contributed by atoms with Gasteiger partial charge in [-0.05, 0) is 47.8 Å². The van der Waals surface area contributed by atoms with Crippen molar-refractivity contribution in [2.45, 2.75) is 0 Å². The fourth-order valence-corrected chi connectivity index (χ4v) is 7.66. The first-order valence-corrected chi connectivity index (χ1v) is 18.0. The Morgan fingerprint density at radius 3 is 1.20 bits per heavy atom. The van der Waals surface area contributed by atoms with E-state index in [2.05, 4.69) is 135 Å². The molecular formula is C46H29N9Pt. The van der Waals surface area contributed by atoms with Gasteiger partial charge >= 0.3 is 21.1 Å². The van der Waals surface area contributed by atoms with E-state index in [4.69, 9.17) is 9.97 Å². The third-order valence-corrected chi connectivity index (χ3v) is 10.0. The maximum absolute atomic E-state index is 5.46. The van der Waals surface area contributed by atoms with E-state index in [1.807, 2.05) is 65.8 Å². The van der Waals surface area contributed by atoms with Crippen molar-refractivity contribution in [3.63, 3.8) is 0 Å². The van der Waals surface area contributed by atoms with Crippen LogP contribution in [-0.2, 0) is 21.1 Å². The van der Waals surface area contributed by atoms with Crippen LogP contribution in [0.25, 0.3) is 66.6 Å². The summed E-state index contributed by atoms with van der Waals surface area (Å²) in [5.74, 6) is 1.88. The number of para-hydroxylation sites is 4. The number of fused-ring (bicyclic) bond motifs is 6. The van der Waals surface area contributed by atoms with Gasteiger partial charge in [-0.1, -0.05) is 84.2 Å². The van der Waals surface area contributed by atoms with Gasteiger partial charge in [0.05, 0.1) is 22.1 Å². The Kier molecular flexibility index (Phi) is 8.15. The predicted molar refractivity (Wildman–Crippen MR) is 217 cm³/mol. The van der Waals surface area contributed by atoms with Crippen molar-refractivity contribution >= 4 is 60.9 Å². The minimum Gasteiger partial charge on any atom is -0.327 e. The van der Waals surface area contributed by atoms with Gasteiger partial charge in [0.25, 0.3) is 0 Å². The summed E-state index contributed by atoms with van der Waals surface area (Å²) in [7, 11) is 0. The van der Waals surface area contributed by atoms with Crippen LogP contribution in [0.2, 0.25) is 0 Å². The largest absolute Gasteiger partial charge is 2.00 e. The van der Waals surface area contributed by atoms with Gasteiger partial charge < -0.3 is 4.90 Å². The molecule has 0 saturated carbocycles. The van der Waals surface area contributed by atoms with Crippen LogP contribution in [-0.4, -0.2) is 38.7 Å². The summed E-state index contributed by atoms with van der Waals surface area (Å²) in [4.78, 5) is 12.9. The maximum Gasteiger partial charge on any atom is 2.00 e. The normalized spacial score (nSPS) is 11.4. The van der Waals surface area contributed by atoms with Crippen LogP contribution in [0.1, 0.15) is 0 Å².